The maximum atomic E-state index is 11.8. The van der Waals surface area contributed by atoms with Crippen molar-refractivity contribution >= 4 is 15.8 Å². The molecule has 25 heavy (non-hydrogen) atoms. The molecule has 138 valence electrons. The highest BCUT2D eigenvalue weighted by Crippen LogP contribution is 2.22. The molecule has 0 amide bonds. The van der Waals surface area contributed by atoms with E-state index in [1.165, 1.54) is 6.92 Å². The number of carboxylic acids is 1. The van der Waals surface area contributed by atoms with Gasteiger partial charge >= 0.3 is 5.97 Å². The fourth-order valence-corrected chi connectivity index (χ4v) is 3.02. The molecule has 1 heterocycles. The Morgan fingerprint density at radius 3 is 2.64 bits per heavy atom. The van der Waals surface area contributed by atoms with Gasteiger partial charge in [-0.05, 0) is 38.0 Å². The van der Waals surface area contributed by atoms with Crippen molar-refractivity contribution in [2.75, 3.05) is 32.5 Å². The van der Waals surface area contributed by atoms with Crippen LogP contribution in [0.5, 0.6) is 0 Å². The smallest absolute Gasteiger partial charge is 0.324 e. The summed E-state index contributed by atoms with van der Waals surface area (Å²) in [7, 11) is -3.69. The van der Waals surface area contributed by atoms with E-state index >= 15 is 0 Å². The zero-order valence-corrected chi connectivity index (χ0v) is 15.5. The Kier molecular flexibility index (Phi) is 8.18. The van der Waals surface area contributed by atoms with Gasteiger partial charge in [0.05, 0.1) is 0 Å². The summed E-state index contributed by atoms with van der Waals surface area (Å²) in [6, 6.07) is 0. The summed E-state index contributed by atoms with van der Waals surface area (Å²) in [6.45, 7) is 3.10. The molecular formula is C18H25NO5S. The van der Waals surface area contributed by atoms with Gasteiger partial charge < -0.3 is 10.2 Å². The molecule has 6 nitrogen and oxygen atoms in total. The van der Waals surface area contributed by atoms with E-state index in [0.717, 1.165) is 18.2 Å². The van der Waals surface area contributed by atoms with Crippen LogP contribution in [0.25, 0.3) is 0 Å². The number of unbranched alkanes of at least 4 members (excludes halogenated alkanes) is 1. The first-order valence-electron chi connectivity index (χ1n) is 8.15. The van der Waals surface area contributed by atoms with Crippen LogP contribution in [0.4, 0.5) is 0 Å². The first-order valence-corrected chi connectivity index (χ1v) is 10.0. The minimum atomic E-state index is -3.69. The van der Waals surface area contributed by atoms with E-state index in [9.17, 15) is 18.3 Å². The van der Waals surface area contributed by atoms with Crippen molar-refractivity contribution in [3.05, 3.63) is 11.6 Å². The number of aliphatic carboxylic acids is 1. The van der Waals surface area contributed by atoms with Gasteiger partial charge in [0.15, 0.2) is 14.6 Å². The molecule has 0 fully saturated rings. The van der Waals surface area contributed by atoms with Crippen molar-refractivity contribution in [2.24, 2.45) is 0 Å². The number of nitrogens with zero attached hydrogens (tertiary/aromatic N) is 1. The standard InChI is InChI=1S/C18H25NO5S/c1-18(17(21)22,25(2,23)24)11-14-19-12-9-16(10-13-19)8-6-4-3-5-7-15-20/h9,20H,5,7,10-15H2,1-2H3,(H,21,22). The molecule has 1 atom stereocenters. The zero-order chi connectivity index (χ0) is 18.9. The van der Waals surface area contributed by atoms with Crippen LogP contribution in [0.1, 0.15) is 32.6 Å². The third-order valence-electron chi connectivity index (χ3n) is 4.30. The van der Waals surface area contributed by atoms with Crippen molar-refractivity contribution in [2.45, 2.75) is 37.4 Å². The summed E-state index contributed by atoms with van der Waals surface area (Å²) < 4.78 is 21.8. The van der Waals surface area contributed by atoms with Crippen LogP contribution in [-0.4, -0.2) is 66.7 Å². The highest BCUT2D eigenvalue weighted by Gasteiger charge is 2.43. The van der Waals surface area contributed by atoms with Gasteiger partial charge in [0, 0.05) is 44.5 Å². The molecule has 1 rings (SSSR count). The lowest BCUT2D eigenvalue weighted by atomic mass is 10.0. The lowest BCUT2D eigenvalue weighted by Gasteiger charge is -2.29. The first-order chi connectivity index (χ1) is 11.7. The van der Waals surface area contributed by atoms with E-state index in [1.807, 2.05) is 11.0 Å². The molecule has 0 bridgehead atoms. The highest BCUT2D eigenvalue weighted by molar-refractivity contribution is 7.92. The fraction of sp³-hybridized carbons (Fsp3) is 0.611. The second-order valence-corrected chi connectivity index (χ2v) is 8.66. The van der Waals surface area contributed by atoms with Crippen LogP contribution in [-0.2, 0) is 14.6 Å². The van der Waals surface area contributed by atoms with Gasteiger partial charge in [-0.15, -0.1) is 0 Å². The maximum absolute atomic E-state index is 11.8. The molecule has 0 spiro atoms. The lowest BCUT2D eigenvalue weighted by molar-refractivity contribution is -0.139. The van der Waals surface area contributed by atoms with Gasteiger partial charge in [0.1, 0.15) is 0 Å². The summed E-state index contributed by atoms with van der Waals surface area (Å²) in [6.07, 6.45) is 4.98. The van der Waals surface area contributed by atoms with Crippen LogP contribution in [0.15, 0.2) is 11.6 Å². The van der Waals surface area contributed by atoms with E-state index < -0.39 is 20.6 Å². The van der Waals surface area contributed by atoms with E-state index in [2.05, 4.69) is 23.7 Å². The number of sulfone groups is 1. The number of hydrogen-bond acceptors (Lipinski definition) is 5. The third-order valence-corrected chi connectivity index (χ3v) is 6.32. The van der Waals surface area contributed by atoms with Gasteiger partial charge in [-0.3, -0.25) is 9.69 Å². The van der Waals surface area contributed by atoms with Crippen LogP contribution in [0, 0.1) is 23.7 Å². The van der Waals surface area contributed by atoms with Crippen LogP contribution in [0.2, 0.25) is 0 Å². The molecule has 0 aromatic carbocycles. The summed E-state index contributed by atoms with van der Waals surface area (Å²) >= 11 is 0. The number of hydrogen-bond donors (Lipinski definition) is 2. The SMILES string of the molecule is CC(CCN1CC=C(C#CC#CCCCO)CC1)(C(=O)O)S(C)(=O)=O. The Labute approximate surface area is 149 Å². The number of aliphatic hydroxyl groups is 1. The third kappa shape index (κ3) is 6.55. The molecule has 0 aromatic rings. The average molecular weight is 367 g/mol. The molecule has 1 unspecified atom stereocenters. The number of carbonyl (C=O) groups is 1. The van der Waals surface area contributed by atoms with Crippen LogP contribution < -0.4 is 0 Å². The summed E-state index contributed by atoms with van der Waals surface area (Å²) in [5.41, 5.74) is 0.983. The summed E-state index contributed by atoms with van der Waals surface area (Å²) in [4.78, 5) is 13.4. The molecule has 0 saturated heterocycles. The Bertz CT molecular complexity index is 733. The molecule has 1 aliphatic rings. The van der Waals surface area contributed by atoms with Gasteiger partial charge in [0.2, 0.25) is 0 Å². The average Bonchev–Trinajstić information content (AvgIpc) is 2.55. The normalized spacial score (nSPS) is 17.3. The monoisotopic (exact) mass is 367 g/mol. The van der Waals surface area contributed by atoms with E-state index in [4.69, 9.17) is 5.11 Å². The Balaban J connectivity index is 2.56. The molecule has 7 heteroatoms. The Morgan fingerprint density at radius 1 is 1.40 bits per heavy atom. The first kappa shape index (κ1) is 21.2. The van der Waals surface area contributed by atoms with Gasteiger partial charge in [0.25, 0.3) is 0 Å². The molecule has 2 N–H and O–H groups in total. The molecule has 0 saturated carbocycles. The molecule has 0 aliphatic carbocycles. The van der Waals surface area contributed by atoms with E-state index in [0.29, 0.717) is 32.5 Å². The van der Waals surface area contributed by atoms with E-state index in [1.54, 1.807) is 0 Å². The van der Waals surface area contributed by atoms with Crippen molar-refractivity contribution < 1.29 is 23.4 Å². The minimum Gasteiger partial charge on any atom is -0.480 e. The predicted octanol–water partition coefficient (Wildman–Crippen LogP) is 0.676. The molecule has 0 aromatic heterocycles. The van der Waals surface area contributed by atoms with E-state index in [-0.39, 0.29) is 13.0 Å². The van der Waals surface area contributed by atoms with Gasteiger partial charge in [-0.2, -0.15) is 0 Å². The largest absolute Gasteiger partial charge is 0.480 e. The topological polar surface area (TPSA) is 94.9 Å². The van der Waals surface area contributed by atoms with Crippen molar-refractivity contribution in [3.63, 3.8) is 0 Å². The fourth-order valence-electron chi connectivity index (χ4n) is 2.24. The summed E-state index contributed by atoms with van der Waals surface area (Å²) in [5, 5.41) is 17.9. The van der Waals surface area contributed by atoms with Crippen LogP contribution in [0.3, 0.4) is 0 Å². The van der Waals surface area contributed by atoms with Crippen molar-refractivity contribution in [3.8, 4) is 23.7 Å². The minimum absolute atomic E-state index is 0.0480. The Morgan fingerprint density at radius 2 is 2.12 bits per heavy atom. The quantitative estimate of drug-likeness (QED) is 0.507. The zero-order valence-electron chi connectivity index (χ0n) is 14.7. The van der Waals surface area contributed by atoms with Crippen molar-refractivity contribution in [1.29, 1.82) is 0 Å². The number of aliphatic hydroxyl groups excluding tert-OH is 1. The number of rotatable bonds is 7. The second kappa shape index (κ2) is 9.62. The number of carboxylic acid groups (broad SMARTS) is 1. The van der Waals surface area contributed by atoms with Gasteiger partial charge in [-0.25, -0.2) is 8.42 Å². The van der Waals surface area contributed by atoms with Gasteiger partial charge in [-0.1, -0.05) is 17.9 Å². The second-order valence-electron chi connectivity index (χ2n) is 6.22. The molecular weight excluding hydrogens is 342 g/mol. The molecule has 1 aliphatic heterocycles. The Hall–Kier alpha value is -1.80. The lowest BCUT2D eigenvalue weighted by Crippen LogP contribution is -2.46. The van der Waals surface area contributed by atoms with Crippen LogP contribution >= 0.6 is 0 Å². The highest BCUT2D eigenvalue weighted by atomic mass is 32.2. The van der Waals surface area contributed by atoms with Crippen molar-refractivity contribution in [1.82, 2.24) is 4.90 Å². The predicted molar refractivity (Wildman–Crippen MR) is 96.5 cm³/mol. The summed E-state index contributed by atoms with van der Waals surface area (Å²) in [5.74, 6) is 10.1. The molecule has 0 radical (unpaired) electrons. The maximum Gasteiger partial charge on any atom is 0.324 e.